The van der Waals surface area contributed by atoms with Gasteiger partial charge in [0.15, 0.2) is 0 Å². The van der Waals surface area contributed by atoms with Crippen molar-refractivity contribution < 1.29 is 12.9 Å². The Bertz CT molecular complexity index is 1790. The lowest BCUT2D eigenvalue weighted by Crippen LogP contribution is -2.20. The standard InChI is InChI=1S/C22H17Cl2N5O4S/c1-28-18-7-4-11(19-25-22(26-33-19)27-34(3,31)32)8-14(18)15-10-16(21(30)29(2)20(15)28)13-6-5-12(23)9-17(13)24/h4-10H,1-3H3,(H,26,27). The van der Waals surface area contributed by atoms with E-state index >= 15 is 0 Å². The number of nitrogens with zero attached hydrogens (tertiary/aromatic N) is 4. The van der Waals surface area contributed by atoms with Gasteiger partial charge in [-0.3, -0.25) is 9.36 Å². The van der Waals surface area contributed by atoms with Crippen LogP contribution < -0.4 is 10.3 Å². The lowest BCUT2D eigenvalue weighted by Gasteiger charge is -2.09. The van der Waals surface area contributed by atoms with Crippen LogP contribution >= 0.6 is 23.2 Å². The smallest absolute Gasteiger partial charge is 0.277 e. The molecule has 34 heavy (non-hydrogen) atoms. The Morgan fingerprint density at radius 2 is 1.74 bits per heavy atom. The number of sulfonamides is 1. The highest BCUT2D eigenvalue weighted by Gasteiger charge is 2.19. The van der Waals surface area contributed by atoms with Crippen molar-refractivity contribution in [2.75, 3.05) is 11.0 Å². The zero-order chi connectivity index (χ0) is 24.4. The molecule has 0 aliphatic heterocycles. The fourth-order valence-corrected chi connectivity index (χ4v) is 5.00. The number of halogens is 2. The van der Waals surface area contributed by atoms with Crippen molar-refractivity contribution in [3.05, 3.63) is 62.9 Å². The van der Waals surface area contributed by atoms with Crippen LogP contribution in [-0.4, -0.2) is 33.9 Å². The van der Waals surface area contributed by atoms with Crippen molar-refractivity contribution in [1.82, 2.24) is 19.3 Å². The van der Waals surface area contributed by atoms with Crippen LogP contribution in [0.2, 0.25) is 10.0 Å². The summed E-state index contributed by atoms with van der Waals surface area (Å²) in [6, 6.07) is 12.3. The fourth-order valence-electron chi connectivity index (χ4n) is 4.07. The summed E-state index contributed by atoms with van der Waals surface area (Å²) in [5.74, 6) is -0.00609. The molecule has 0 atom stereocenters. The first-order chi connectivity index (χ1) is 16.0. The van der Waals surface area contributed by atoms with Gasteiger partial charge in [0.2, 0.25) is 10.0 Å². The van der Waals surface area contributed by atoms with Crippen molar-refractivity contribution >= 4 is 61.1 Å². The zero-order valence-electron chi connectivity index (χ0n) is 18.1. The molecule has 0 saturated carbocycles. The number of hydrogen-bond donors (Lipinski definition) is 1. The van der Waals surface area contributed by atoms with E-state index in [1.807, 2.05) is 29.8 Å². The molecule has 2 aromatic carbocycles. The summed E-state index contributed by atoms with van der Waals surface area (Å²) < 4.78 is 33.8. The van der Waals surface area contributed by atoms with Gasteiger partial charge in [-0.05, 0) is 41.6 Å². The molecule has 0 bridgehead atoms. The minimum atomic E-state index is -3.54. The van der Waals surface area contributed by atoms with Crippen LogP contribution in [0.1, 0.15) is 0 Å². The third-order valence-corrected chi connectivity index (χ3v) is 6.62. The monoisotopic (exact) mass is 517 g/mol. The Morgan fingerprint density at radius 3 is 2.44 bits per heavy atom. The number of anilines is 1. The van der Waals surface area contributed by atoms with E-state index in [4.69, 9.17) is 27.7 Å². The minimum absolute atomic E-state index is 0.149. The predicted molar refractivity (Wildman–Crippen MR) is 133 cm³/mol. The largest absolute Gasteiger partial charge is 0.332 e. The molecule has 0 aliphatic rings. The van der Waals surface area contributed by atoms with Crippen LogP contribution in [0.5, 0.6) is 0 Å². The van der Waals surface area contributed by atoms with E-state index < -0.39 is 10.0 Å². The number of pyridine rings is 1. The number of rotatable bonds is 4. The molecule has 0 aliphatic carbocycles. The number of aromatic nitrogens is 4. The van der Waals surface area contributed by atoms with Crippen molar-refractivity contribution in [3.63, 3.8) is 0 Å². The number of nitrogens with one attached hydrogen (secondary N) is 1. The van der Waals surface area contributed by atoms with Crippen molar-refractivity contribution in [1.29, 1.82) is 0 Å². The second-order valence-electron chi connectivity index (χ2n) is 7.87. The predicted octanol–water partition coefficient (Wildman–Crippen LogP) is 4.43. The van der Waals surface area contributed by atoms with Gasteiger partial charge >= 0.3 is 0 Å². The minimum Gasteiger partial charge on any atom is -0.332 e. The SMILES string of the molecule is Cn1c(=O)c(-c2ccc(Cl)cc2Cl)cc2c3cc(-c4nc(NS(C)(=O)=O)no4)ccc3n(C)c21. The molecule has 0 amide bonds. The summed E-state index contributed by atoms with van der Waals surface area (Å²) in [5, 5.41) is 6.18. The Balaban J connectivity index is 1.74. The summed E-state index contributed by atoms with van der Waals surface area (Å²) >= 11 is 12.4. The van der Waals surface area contributed by atoms with E-state index in [1.165, 1.54) is 0 Å². The average molecular weight is 518 g/mol. The van der Waals surface area contributed by atoms with E-state index in [0.717, 1.165) is 28.2 Å². The first-order valence-corrected chi connectivity index (χ1v) is 12.6. The van der Waals surface area contributed by atoms with Gasteiger partial charge in [-0.15, -0.1) is 0 Å². The highest BCUT2D eigenvalue weighted by Crippen LogP contribution is 2.35. The maximum atomic E-state index is 13.2. The van der Waals surface area contributed by atoms with Gasteiger partial charge in [-0.25, -0.2) is 13.1 Å². The Kier molecular flexibility index (Phi) is 5.19. The molecule has 0 spiro atoms. The zero-order valence-corrected chi connectivity index (χ0v) is 20.5. The number of hydrogen-bond acceptors (Lipinski definition) is 6. The quantitative estimate of drug-likeness (QED) is 0.377. The van der Waals surface area contributed by atoms with Gasteiger partial charge in [0.05, 0.1) is 16.8 Å². The third-order valence-electron chi connectivity index (χ3n) is 5.52. The van der Waals surface area contributed by atoms with Crippen molar-refractivity contribution in [2.45, 2.75) is 0 Å². The topological polar surface area (TPSA) is 112 Å². The van der Waals surface area contributed by atoms with Crippen LogP contribution in [0.25, 0.3) is 44.5 Å². The molecule has 5 rings (SSSR count). The summed E-state index contributed by atoms with van der Waals surface area (Å²) in [4.78, 5) is 17.3. The molecule has 0 saturated heterocycles. The third kappa shape index (κ3) is 3.73. The second kappa shape index (κ2) is 7.86. The molecule has 9 nitrogen and oxygen atoms in total. The molecule has 5 aromatic rings. The maximum Gasteiger partial charge on any atom is 0.277 e. The maximum absolute atomic E-state index is 13.2. The van der Waals surface area contributed by atoms with Gasteiger partial charge in [0.25, 0.3) is 17.4 Å². The number of benzene rings is 2. The molecular formula is C22H17Cl2N5O4S. The van der Waals surface area contributed by atoms with Crippen molar-refractivity contribution in [3.8, 4) is 22.6 Å². The van der Waals surface area contributed by atoms with Gasteiger partial charge in [0.1, 0.15) is 5.65 Å². The first kappa shape index (κ1) is 22.5. The molecule has 3 aromatic heterocycles. The molecule has 12 heteroatoms. The molecule has 0 radical (unpaired) electrons. The number of fused-ring (bicyclic) bond motifs is 3. The van der Waals surface area contributed by atoms with Gasteiger partial charge < -0.3 is 9.09 Å². The lowest BCUT2D eigenvalue weighted by molar-refractivity contribution is 0.433. The summed E-state index contributed by atoms with van der Waals surface area (Å²) in [6.07, 6.45) is 1.000. The lowest BCUT2D eigenvalue weighted by atomic mass is 10.0. The van der Waals surface area contributed by atoms with E-state index in [9.17, 15) is 13.2 Å². The Morgan fingerprint density at radius 1 is 0.971 bits per heavy atom. The molecule has 174 valence electrons. The fraction of sp³-hybridized carbons (Fsp3) is 0.136. The Hall–Kier alpha value is -3.34. The van der Waals surface area contributed by atoms with Gasteiger partial charge in [0, 0.05) is 46.6 Å². The normalized spacial score (nSPS) is 12.0. The molecule has 0 fully saturated rings. The van der Waals surface area contributed by atoms with Gasteiger partial charge in [-0.2, -0.15) is 4.98 Å². The van der Waals surface area contributed by atoms with E-state index in [0.29, 0.717) is 26.7 Å². The van der Waals surface area contributed by atoms with Crippen LogP contribution in [-0.2, 0) is 24.1 Å². The van der Waals surface area contributed by atoms with E-state index in [1.54, 1.807) is 35.9 Å². The molecule has 3 heterocycles. The van der Waals surface area contributed by atoms with Crippen molar-refractivity contribution in [2.24, 2.45) is 14.1 Å². The summed E-state index contributed by atoms with van der Waals surface area (Å²) in [7, 11) is 0.0396. The van der Waals surface area contributed by atoms with Crippen LogP contribution in [0.15, 0.2) is 51.8 Å². The Labute approximate surface area is 203 Å². The highest BCUT2D eigenvalue weighted by atomic mass is 35.5. The second-order valence-corrected chi connectivity index (χ2v) is 10.5. The van der Waals surface area contributed by atoms with Gasteiger partial charge in [-0.1, -0.05) is 29.3 Å². The summed E-state index contributed by atoms with van der Waals surface area (Å²) in [6.45, 7) is 0. The number of aryl methyl sites for hydroxylation is 2. The van der Waals surface area contributed by atoms with Crippen LogP contribution in [0.4, 0.5) is 5.95 Å². The van der Waals surface area contributed by atoms with E-state index in [-0.39, 0.29) is 17.4 Å². The van der Waals surface area contributed by atoms with E-state index in [2.05, 4.69) is 14.9 Å². The molecule has 1 N–H and O–H groups in total. The molecule has 0 unspecified atom stereocenters. The molecular weight excluding hydrogens is 501 g/mol. The first-order valence-electron chi connectivity index (χ1n) is 9.93. The van der Waals surface area contributed by atoms with Crippen LogP contribution in [0, 0.1) is 0 Å². The van der Waals surface area contributed by atoms with Crippen LogP contribution in [0.3, 0.4) is 0 Å². The highest BCUT2D eigenvalue weighted by molar-refractivity contribution is 7.91. The summed E-state index contributed by atoms with van der Waals surface area (Å²) in [5.41, 5.74) is 3.00. The average Bonchev–Trinajstić information content (AvgIpc) is 3.32.